The Morgan fingerprint density at radius 3 is 2.64 bits per heavy atom. The van der Waals surface area contributed by atoms with E-state index in [0.717, 1.165) is 16.4 Å². The molecule has 4 heteroatoms. The molecule has 110 valence electrons. The number of aromatic amines is 1. The maximum atomic E-state index is 10.7. The van der Waals surface area contributed by atoms with Crippen LogP contribution in [0.4, 0.5) is 0 Å². The maximum absolute atomic E-state index is 10.7. The zero-order chi connectivity index (χ0) is 15.5. The van der Waals surface area contributed by atoms with E-state index in [4.69, 9.17) is 4.42 Å². The topological polar surface area (TPSA) is 58.9 Å². The molecule has 4 nitrogen and oxygen atoms in total. The number of hydrogen-bond donors (Lipinski definition) is 1. The molecule has 4 rings (SSSR count). The summed E-state index contributed by atoms with van der Waals surface area (Å²) < 4.78 is 4.91. The Hall–Kier alpha value is -2.88. The molecule has 0 radical (unpaired) electrons. The number of aromatic nitrogens is 2. The van der Waals surface area contributed by atoms with Crippen molar-refractivity contribution in [3.63, 3.8) is 0 Å². The SMILES string of the molecule is Cc1cc2nc[nH]c2cc1C.O=c1ccc2ccccc2o1. The van der Waals surface area contributed by atoms with E-state index in [9.17, 15) is 4.79 Å². The number of nitrogens with one attached hydrogen (secondary N) is 1. The molecule has 0 spiro atoms. The third-order valence-electron chi connectivity index (χ3n) is 3.56. The standard InChI is InChI=1S/C9H10N2.C9H6O2/c1-6-3-8-9(4-7(6)2)11-5-10-8;10-9-6-5-7-3-1-2-4-8(7)11-9/h3-5H,1-2H3,(H,10,11);1-6H. The largest absolute Gasteiger partial charge is 0.423 e. The molecule has 0 unspecified atom stereocenters. The second-order valence-corrected chi connectivity index (χ2v) is 5.15. The molecule has 22 heavy (non-hydrogen) atoms. The summed E-state index contributed by atoms with van der Waals surface area (Å²) in [4.78, 5) is 18.0. The predicted molar refractivity (Wildman–Crippen MR) is 88.1 cm³/mol. The summed E-state index contributed by atoms with van der Waals surface area (Å²) in [6.07, 6.45) is 1.73. The van der Waals surface area contributed by atoms with Crippen LogP contribution >= 0.6 is 0 Å². The Kier molecular flexibility index (Phi) is 3.74. The summed E-state index contributed by atoms with van der Waals surface area (Å²) >= 11 is 0. The Morgan fingerprint density at radius 1 is 1.00 bits per heavy atom. The molecule has 0 fully saturated rings. The number of nitrogens with zero attached hydrogens (tertiary/aromatic N) is 1. The van der Waals surface area contributed by atoms with Gasteiger partial charge in [-0.2, -0.15) is 0 Å². The maximum Gasteiger partial charge on any atom is 0.336 e. The van der Waals surface area contributed by atoms with Crippen molar-refractivity contribution in [3.8, 4) is 0 Å². The summed E-state index contributed by atoms with van der Waals surface area (Å²) in [5.41, 5.74) is 5.11. The first-order chi connectivity index (χ1) is 10.6. The van der Waals surface area contributed by atoms with Crippen LogP contribution in [0.25, 0.3) is 22.0 Å². The summed E-state index contributed by atoms with van der Waals surface area (Å²) in [5.74, 6) is 0. The monoisotopic (exact) mass is 292 g/mol. The van der Waals surface area contributed by atoms with Gasteiger partial charge in [-0.15, -0.1) is 0 Å². The zero-order valence-electron chi connectivity index (χ0n) is 12.5. The smallest absolute Gasteiger partial charge is 0.336 e. The third-order valence-corrected chi connectivity index (χ3v) is 3.56. The van der Waals surface area contributed by atoms with Crippen molar-refractivity contribution >= 4 is 22.0 Å². The van der Waals surface area contributed by atoms with Gasteiger partial charge in [-0.25, -0.2) is 9.78 Å². The lowest BCUT2D eigenvalue weighted by molar-refractivity contribution is 0.561. The van der Waals surface area contributed by atoms with Gasteiger partial charge in [-0.3, -0.25) is 0 Å². The number of rotatable bonds is 0. The average Bonchev–Trinajstić information content (AvgIpc) is 2.95. The van der Waals surface area contributed by atoms with Crippen molar-refractivity contribution in [2.45, 2.75) is 13.8 Å². The Labute approximate surface area is 127 Å². The van der Waals surface area contributed by atoms with E-state index in [0.29, 0.717) is 5.58 Å². The molecule has 1 N–H and O–H groups in total. The highest BCUT2D eigenvalue weighted by molar-refractivity contribution is 5.76. The van der Waals surface area contributed by atoms with E-state index < -0.39 is 0 Å². The Balaban J connectivity index is 0.000000131. The van der Waals surface area contributed by atoms with Gasteiger partial charge in [0.05, 0.1) is 17.4 Å². The van der Waals surface area contributed by atoms with Gasteiger partial charge >= 0.3 is 5.63 Å². The first kappa shape index (κ1) is 14.1. The Morgan fingerprint density at radius 2 is 1.77 bits per heavy atom. The normalized spacial score (nSPS) is 10.5. The molecule has 2 aromatic heterocycles. The second-order valence-electron chi connectivity index (χ2n) is 5.15. The van der Waals surface area contributed by atoms with E-state index in [2.05, 4.69) is 35.9 Å². The highest BCUT2D eigenvalue weighted by atomic mass is 16.4. The van der Waals surface area contributed by atoms with Crippen LogP contribution in [0.15, 0.2) is 64.1 Å². The molecule has 0 saturated carbocycles. The molecule has 2 heterocycles. The van der Waals surface area contributed by atoms with Crippen LogP contribution in [-0.4, -0.2) is 9.97 Å². The molecule has 2 aromatic carbocycles. The molecule has 0 aliphatic heterocycles. The minimum absolute atomic E-state index is 0.302. The quantitative estimate of drug-likeness (QED) is 0.499. The van der Waals surface area contributed by atoms with E-state index >= 15 is 0 Å². The van der Waals surface area contributed by atoms with Gasteiger partial charge in [-0.05, 0) is 49.2 Å². The number of H-pyrrole nitrogens is 1. The van der Waals surface area contributed by atoms with Gasteiger partial charge in [0.1, 0.15) is 5.58 Å². The van der Waals surface area contributed by atoms with Crippen LogP contribution in [0.1, 0.15) is 11.1 Å². The molecule has 0 saturated heterocycles. The molecule has 0 atom stereocenters. The molecule has 0 amide bonds. The van der Waals surface area contributed by atoms with Crippen molar-refractivity contribution in [1.29, 1.82) is 0 Å². The van der Waals surface area contributed by atoms with Crippen molar-refractivity contribution in [2.24, 2.45) is 0 Å². The molecule has 0 bridgehead atoms. The number of benzene rings is 2. The Bertz CT molecular complexity index is 947. The number of aryl methyl sites for hydroxylation is 2. The number of para-hydroxylation sites is 1. The van der Waals surface area contributed by atoms with Gasteiger partial charge in [0.25, 0.3) is 0 Å². The van der Waals surface area contributed by atoms with Crippen LogP contribution in [0.5, 0.6) is 0 Å². The zero-order valence-corrected chi connectivity index (χ0v) is 12.5. The molecule has 0 aliphatic carbocycles. The molecule has 0 aliphatic rings. The minimum Gasteiger partial charge on any atom is -0.423 e. The van der Waals surface area contributed by atoms with E-state index in [1.165, 1.54) is 17.2 Å². The molecular formula is C18H16N2O2. The minimum atomic E-state index is -0.302. The van der Waals surface area contributed by atoms with Crippen molar-refractivity contribution < 1.29 is 4.42 Å². The number of fused-ring (bicyclic) bond motifs is 2. The highest BCUT2D eigenvalue weighted by Gasteiger charge is 1.97. The van der Waals surface area contributed by atoms with Crippen molar-refractivity contribution in [2.75, 3.05) is 0 Å². The summed E-state index contributed by atoms with van der Waals surface area (Å²) in [5, 5.41) is 0.951. The fraction of sp³-hybridized carbons (Fsp3) is 0.111. The van der Waals surface area contributed by atoms with Crippen LogP contribution in [-0.2, 0) is 0 Å². The van der Waals surface area contributed by atoms with Crippen LogP contribution in [0.3, 0.4) is 0 Å². The van der Waals surface area contributed by atoms with Crippen LogP contribution < -0.4 is 5.63 Å². The second kappa shape index (κ2) is 5.85. The summed E-state index contributed by atoms with van der Waals surface area (Å²) in [7, 11) is 0. The van der Waals surface area contributed by atoms with Gasteiger partial charge < -0.3 is 9.40 Å². The lowest BCUT2D eigenvalue weighted by Crippen LogP contribution is -1.93. The van der Waals surface area contributed by atoms with Crippen LogP contribution in [0, 0.1) is 13.8 Å². The third kappa shape index (κ3) is 2.91. The molecule has 4 aromatic rings. The van der Waals surface area contributed by atoms with Gasteiger partial charge in [0.2, 0.25) is 0 Å². The first-order valence-corrected chi connectivity index (χ1v) is 7.03. The highest BCUT2D eigenvalue weighted by Crippen LogP contribution is 2.14. The fourth-order valence-corrected chi connectivity index (χ4v) is 2.21. The molecular weight excluding hydrogens is 276 g/mol. The van der Waals surface area contributed by atoms with Crippen molar-refractivity contribution in [1.82, 2.24) is 9.97 Å². The van der Waals surface area contributed by atoms with E-state index in [1.807, 2.05) is 18.2 Å². The lowest BCUT2D eigenvalue weighted by Gasteiger charge is -1.97. The van der Waals surface area contributed by atoms with Crippen LogP contribution in [0.2, 0.25) is 0 Å². The fourth-order valence-electron chi connectivity index (χ4n) is 2.21. The summed E-state index contributed by atoms with van der Waals surface area (Å²) in [6, 6.07) is 14.8. The predicted octanol–water partition coefficient (Wildman–Crippen LogP) is 3.97. The first-order valence-electron chi connectivity index (χ1n) is 7.03. The lowest BCUT2D eigenvalue weighted by atomic mass is 10.1. The van der Waals surface area contributed by atoms with Gasteiger partial charge in [-0.1, -0.05) is 18.2 Å². The summed E-state index contributed by atoms with van der Waals surface area (Å²) in [6.45, 7) is 4.21. The van der Waals surface area contributed by atoms with Gasteiger partial charge in [0, 0.05) is 11.5 Å². The number of hydrogen-bond acceptors (Lipinski definition) is 3. The van der Waals surface area contributed by atoms with E-state index in [-0.39, 0.29) is 5.63 Å². The number of imidazole rings is 1. The average molecular weight is 292 g/mol. The van der Waals surface area contributed by atoms with Gasteiger partial charge in [0.15, 0.2) is 0 Å². The van der Waals surface area contributed by atoms with E-state index in [1.54, 1.807) is 18.5 Å². The van der Waals surface area contributed by atoms with Crippen molar-refractivity contribution in [3.05, 3.63) is 76.4 Å².